The van der Waals surface area contributed by atoms with Crippen molar-refractivity contribution in [2.75, 3.05) is 108 Å². The van der Waals surface area contributed by atoms with Crippen LogP contribution in [-0.4, -0.2) is 155 Å². The van der Waals surface area contributed by atoms with Gasteiger partial charge in [0.15, 0.2) is 115 Å². The number of benzene rings is 10. The topological polar surface area (TPSA) is 252 Å². The molecule has 14 heterocycles. The number of likely N-dealkylation sites (tertiary alicyclic amines) is 2. The minimum atomic E-state index is 0.210. The fourth-order valence-electron chi connectivity index (χ4n) is 18.7. The number of likely N-dealkylation sites (N-methyl/N-ethyl adjacent to an activating group) is 2. The van der Waals surface area contributed by atoms with E-state index in [1.54, 1.807) is 0 Å². The van der Waals surface area contributed by atoms with Crippen LogP contribution in [0.5, 0.6) is 115 Å². The number of aryl methyl sites for hydroxylation is 2. The molecule has 12 aromatic rings. The lowest BCUT2D eigenvalue weighted by atomic mass is 9.77. The van der Waals surface area contributed by atoms with Crippen molar-refractivity contribution in [2.45, 2.75) is 90.1 Å². The highest BCUT2D eigenvalue weighted by atomic mass is 16.7. The zero-order valence-electron chi connectivity index (χ0n) is 72.7. The number of rotatable bonds is 19. The third-order valence-electron chi connectivity index (χ3n) is 25.5. The van der Waals surface area contributed by atoms with E-state index in [2.05, 4.69) is 129 Å². The molecule has 2 aromatic heterocycles. The van der Waals surface area contributed by atoms with Crippen molar-refractivity contribution in [3.8, 4) is 166 Å². The molecule has 666 valence electrons. The number of pyridine rings is 1. The molecule has 2 saturated heterocycles. The van der Waals surface area contributed by atoms with Gasteiger partial charge in [0.25, 0.3) is 0 Å². The first-order chi connectivity index (χ1) is 63.8. The Morgan fingerprint density at radius 2 is 0.623 bits per heavy atom. The van der Waals surface area contributed by atoms with E-state index >= 15 is 0 Å². The van der Waals surface area contributed by atoms with Gasteiger partial charge < -0.3 is 105 Å². The molecule has 0 radical (unpaired) electrons. The normalized spacial score (nSPS) is 18.3. The molecule has 28 nitrogen and oxygen atoms in total. The first-order valence-electron chi connectivity index (χ1n) is 44.1. The van der Waals surface area contributed by atoms with Gasteiger partial charge in [0.1, 0.15) is 6.07 Å². The highest BCUT2D eigenvalue weighted by Gasteiger charge is 2.43. The van der Waals surface area contributed by atoms with Crippen LogP contribution < -0.4 is 94.7 Å². The maximum Gasteiger partial charge on any atom is 0.231 e. The van der Waals surface area contributed by atoms with Crippen LogP contribution in [0, 0.1) is 30.1 Å². The number of nitriles is 1. The second-order valence-corrected chi connectivity index (χ2v) is 34.2. The molecule has 130 heavy (non-hydrogen) atoms. The Morgan fingerprint density at radius 3 is 0.992 bits per heavy atom. The molecule has 10 aromatic carbocycles. The Morgan fingerprint density at radius 1 is 0.331 bits per heavy atom. The van der Waals surface area contributed by atoms with Gasteiger partial charge in [-0.05, 0) is 268 Å². The zero-order valence-corrected chi connectivity index (χ0v) is 72.7. The van der Waals surface area contributed by atoms with Crippen molar-refractivity contribution in [3.05, 3.63) is 239 Å². The molecule has 0 N–H and O–H groups in total. The second-order valence-electron chi connectivity index (χ2n) is 34.2. The predicted octanol–water partition coefficient (Wildman–Crippen LogP) is 17.3. The number of aromatic nitrogens is 3. The van der Waals surface area contributed by atoms with Crippen LogP contribution in [0.3, 0.4) is 0 Å². The van der Waals surface area contributed by atoms with Crippen LogP contribution in [0.4, 0.5) is 0 Å². The van der Waals surface area contributed by atoms with Gasteiger partial charge in [-0.3, -0.25) is 19.5 Å². The highest BCUT2D eigenvalue weighted by molar-refractivity contribution is 5.79. The maximum absolute atomic E-state index is 9.66. The van der Waals surface area contributed by atoms with E-state index < -0.39 is 0 Å². The number of piperazine rings is 1. The predicted molar refractivity (Wildman–Crippen MR) is 477 cm³/mol. The number of ether oxygens (including phenoxy) is 20. The summed E-state index contributed by atoms with van der Waals surface area (Å²) in [6, 6.07) is 68.3. The van der Waals surface area contributed by atoms with Gasteiger partial charge in [0.2, 0.25) is 67.9 Å². The van der Waals surface area contributed by atoms with Crippen LogP contribution in [0.2, 0.25) is 0 Å². The van der Waals surface area contributed by atoms with Crippen LogP contribution in [0.25, 0.3) is 44.9 Å². The summed E-state index contributed by atoms with van der Waals surface area (Å²) in [5.74, 6) is 17.8. The van der Waals surface area contributed by atoms with Crippen molar-refractivity contribution in [3.63, 3.8) is 0 Å². The van der Waals surface area contributed by atoms with Gasteiger partial charge in [-0.15, -0.1) is 0 Å². The first kappa shape index (κ1) is 82.8. The Labute approximate surface area is 752 Å². The summed E-state index contributed by atoms with van der Waals surface area (Å²) < 4.78 is 110. The molecule has 25 rings (SSSR count). The lowest BCUT2D eigenvalue weighted by Crippen LogP contribution is -2.45. The first-order valence-corrected chi connectivity index (χ1v) is 44.1. The molecule has 1 saturated carbocycles. The summed E-state index contributed by atoms with van der Waals surface area (Å²) in [4.78, 5) is 14.5. The molecule has 12 aliphatic heterocycles. The highest BCUT2D eigenvalue weighted by Crippen LogP contribution is 2.47. The molecule has 3 fully saturated rings. The number of nitrogens with zero attached hydrogens (tertiary/aromatic N) is 8. The SMILES string of the molecule is CN(CCN(C)Cc1ccc2c(c1)OCO2)Cc1ccc2c(c1)OCO2.Cc1nc(-c2ccc3c(c2)OCO3)cc(-c2ccc3c(c2)OCO3)c1C#N.Cn1nc(-c2ccc3c(c2)OCO3)cc1-c1ccc2c(c1)OCO2.c1cc2c(cc1CC1CCC(Cc3ccc4c(c3)OCO4)CC1)OCO2.c1cc2c(cc1CN1CC3CC1CN3Cc1ccc3c(c1)OCO3)OCO2. The monoisotopic (exact) mass is 1750 g/mol. The van der Waals surface area contributed by atoms with E-state index in [-0.39, 0.29) is 27.2 Å². The fourth-order valence-corrected chi connectivity index (χ4v) is 18.7. The van der Waals surface area contributed by atoms with Crippen LogP contribution in [0.15, 0.2) is 194 Å². The smallest absolute Gasteiger partial charge is 0.231 e. The Hall–Kier alpha value is -14.1. The standard InChI is InChI=1S/C22H24O4.C21H22N2O4.C21H14N2O4.C20H24N2O4.C18H14N2O4/c1-2-16(10-18-6-8-20-22(12-18)26-14-24-20)4-3-15(1)9-17-5-7-19-21(11-17)25-13-23-19;1-3-18-20(26-12-24-18)5-14(1)8-22-10-17-7-16(22)11-23(17)9-15-2-4-19-21(6-15)27-13-25-19;1-12-16(9-22)15(13-2-4-18-20(6-13)26-10-24-18)8-17(23-12)14-3-5-19-21(7-14)27-11-25-19;1-21(11-15-3-5-17-19(9-15)25-13-23-17)7-8-22(2)12-16-4-6-18-20(10-16)26-14-24-18;1-20-14(12-3-5-16-18(7-12)24-10-22-16)8-13(19-20)11-2-4-15-17(6-11)23-9-21-15/h5-8,11-12,15-16H,1-4,9-10,13-14H2;1-6,16-17H,7-13H2;2-8H,10-11H2,1H3;3-6,9-10H,7-8,11-14H2,1-2H3;2-8H,9-10H2,1H3. The van der Waals surface area contributed by atoms with Gasteiger partial charge in [-0.2, -0.15) is 10.4 Å². The number of hydrogen-bond acceptors (Lipinski definition) is 27. The fraction of sp³-hybridized carbons (Fsp3) is 0.324. The van der Waals surface area contributed by atoms with Gasteiger partial charge in [0.05, 0.1) is 28.3 Å². The van der Waals surface area contributed by atoms with E-state index in [9.17, 15) is 5.26 Å². The van der Waals surface area contributed by atoms with Gasteiger partial charge >= 0.3 is 0 Å². The van der Waals surface area contributed by atoms with Gasteiger partial charge in [-0.25, -0.2) is 0 Å². The van der Waals surface area contributed by atoms with E-state index in [0.29, 0.717) is 81.3 Å². The van der Waals surface area contributed by atoms with Crippen LogP contribution in [0.1, 0.15) is 76.7 Å². The van der Waals surface area contributed by atoms with Crippen LogP contribution >= 0.6 is 0 Å². The van der Waals surface area contributed by atoms with E-state index in [1.807, 2.05) is 134 Å². The summed E-state index contributed by atoms with van der Waals surface area (Å²) >= 11 is 0. The third-order valence-corrected chi connectivity index (χ3v) is 25.5. The molecule has 0 spiro atoms. The van der Waals surface area contributed by atoms with Gasteiger partial charge in [0, 0.05) is 93.7 Å². The molecular weight excluding hydrogens is 1660 g/mol. The van der Waals surface area contributed by atoms with Crippen molar-refractivity contribution in [1.29, 1.82) is 5.26 Å². The zero-order chi connectivity index (χ0) is 87.5. The summed E-state index contributed by atoms with van der Waals surface area (Å²) in [7, 11) is 6.20. The number of fused-ring (bicyclic) bond motifs is 12. The second kappa shape index (κ2) is 36.9. The molecule has 1 aliphatic carbocycles. The quantitative estimate of drug-likeness (QED) is 0.0729. The minimum absolute atomic E-state index is 0.210. The molecular formula is C102H98N8O20. The third kappa shape index (κ3) is 18.4. The lowest BCUT2D eigenvalue weighted by molar-refractivity contribution is 0.118. The minimum Gasteiger partial charge on any atom is -0.454 e. The summed E-state index contributed by atoms with van der Waals surface area (Å²) in [6.45, 7) is 12.8. The van der Waals surface area contributed by atoms with Crippen molar-refractivity contribution in [2.24, 2.45) is 18.9 Å². The van der Waals surface area contributed by atoms with Crippen LogP contribution in [-0.2, 0) is 46.1 Å². The summed E-state index contributed by atoms with van der Waals surface area (Å²) in [6.07, 6.45) is 8.79. The molecule has 28 heteroatoms. The largest absolute Gasteiger partial charge is 0.454 e. The van der Waals surface area contributed by atoms with Crippen molar-refractivity contribution in [1.82, 2.24) is 34.4 Å². The van der Waals surface area contributed by atoms with Crippen molar-refractivity contribution < 1.29 is 94.7 Å². The summed E-state index contributed by atoms with van der Waals surface area (Å²) in [5.41, 5.74) is 16.2. The average molecular weight is 1760 g/mol. The molecule has 0 amide bonds. The van der Waals surface area contributed by atoms with E-state index in [0.717, 1.165) is 220 Å². The van der Waals surface area contributed by atoms with E-state index in [4.69, 9.17) is 94.7 Å². The van der Waals surface area contributed by atoms with E-state index in [1.165, 1.54) is 65.5 Å². The molecule has 13 aliphatic rings. The van der Waals surface area contributed by atoms with Crippen molar-refractivity contribution >= 4 is 0 Å². The maximum atomic E-state index is 9.66. The Balaban J connectivity index is 0.0000000984. The number of hydrogen-bond donors (Lipinski definition) is 0. The molecule has 2 bridgehead atoms. The van der Waals surface area contributed by atoms with Gasteiger partial charge in [-0.1, -0.05) is 42.5 Å². The average Bonchev–Trinajstić information content (AvgIpc) is 1.59. The Kier molecular flexibility index (Phi) is 23.5. The summed E-state index contributed by atoms with van der Waals surface area (Å²) in [5, 5.41) is 14.3. The Bertz CT molecular complexity index is 6050. The molecule has 2 atom stereocenters. The lowest BCUT2D eigenvalue weighted by Gasteiger charge is -2.34. The molecule has 2 unspecified atom stereocenters.